The number of carbonyl (C=O) groups is 3. The molecule has 35 heavy (non-hydrogen) atoms. The van der Waals surface area contributed by atoms with Crippen LogP contribution in [0.3, 0.4) is 0 Å². The summed E-state index contributed by atoms with van der Waals surface area (Å²) in [6, 6.07) is 9.85. The summed E-state index contributed by atoms with van der Waals surface area (Å²) in [5.41, 5.74) is 4.07. The van der Waals surface area contributed by atoms with E-state index in [9.17, 15) is 14.4 Å². The van der Waals surface area contributed by atoms with E-state index in [2.05, 4.69) is 44.0 Å². The maximum Gasteiger partial charge on any atom is 0.335 e. The molecule has 180 valence electrons. The van der Waals surface area contributed by atoms with E-state index in [0.717, 1.165) is 34.7 Å². The van der Waals surface area contributed by atoms with Gasteiger partial charge in [-0.05, 0) is 68.7 Å². The highest BCUT2D eigenvalue weighted by molar-refractivity contribution is 6.39. The van der Waals surface area contributed by atoms with Crippen molar-refractivity contribution in [3.8, 4) is 11.5 Å². The molecule has 3 aliphatic heterocycles. The van der Waals surface area contributed by atoms with Crippen molar-refractivity contribution in [1.82, 2.24) is 5.32 Å². The molecule has 8 heteroatoms. The van der Waals surface area contributed by atoms with Crippen molar-refractivity contribution in [3.63, 3.8) is 0 Å². The number of benzene rings is 2. The summed E-state index contributed by atoms with van der Waals surface area (Å²) < 4.78 is 10.7. The highest BCUT2D eigenvalue weighted by atomic mass is 16.7. The summed E-state index contributed by atoms with van der Waals surface area (Å²) in [7, 11) is 0. The number of ether oxygens (including phenoxy) is 2. The van der Waals surface area contributed by atoms with Crippen LogP contribution in [0.25, 0.3) is 11.6 Å². The van der Waals surface area contributed by atoms with E-state index in [1.165, 1.54) is 6.08 Å². The number of carbonyl (C=O) groups excluding carboxylic acids is 3. The lowest BCUT2D eigenvalue weighted by atomic mass is 9.87. The molecular weight excluding hydrogens is 446 g/mol. The van der Waals surface area contributed by atoms with E-state index in [1.807, 2.05) is 18.2 Å². The fourth-order valence-electron chi connectivity index (χ4n) is 4.91. The molecule has 4 amide bonds. The van der Waals surface area contributed by atoms with Crippen molar-refractivity contribution in [2.24, 2.45) is 0 Å². The number of allylic oxidation sites excluding steroid dienone is 1. The lowest BCUT2D eigenvalue weighted by Crippen LogP contribution is -2.54. The Hall–Kier alpha value is -4.07. The van der Waals surface area contributed by atoms with Gasteiger partial charge < -0.3 is 14.4 Å². The number of amides is 4. The Bertz CT molecular complexity index is 1320. The Morgan fingerprint density at radius 1 is 1.06 bits per heavy atom. The van der Waals surface area contributed by atoms with Crippen molar-refractivity contribution in [2.75, 3.05) is 23.1 Å². The normalized spacial score (nSPS) is 19.6. The third kappa shape index (κ3) is 3.84. The van der Waals surface area contributed by atoms with Crippen molar-refractivity contribution in [1.29, 1.82) is 0 Å². The number of barbiturate groups is 1. The molecule has 0 unspecified atom stereocenters. The molecule has 1 fully saturated rings. The van der Waals surface area contributed by atoms with Gasteiger partial charge in [0.1, 0.15) is 5.57 Å². The number of urea groups is 1. The molecule has 3 heterocycles. The number of hydrogen-bond donors (Lipinski definition) is 1. The summed E-state index contributed by atoms with van der Waals surface area (Å²) in [6.45, 7) is 9.59. The molecule has 0 bridgehead atoms. The highest BCUT2D eigenvalue weighted by Gasteiger charge is 2.38. The minimum Gasteiger partial charge on any atom is -0.454 e. The van der Waals surface area contributed by atoms with Crippen LogP contribution in [0.2, 0.25) is 0 Å². The van der Waals surface area contributed by atoms with Gasteiger partial charge >= 0.3 is 6.03 Å². The van der Waals surface area contributed by atoms with E-state index in [4.69, 9.17) is 9.47 Å². The zero-order valence-electron chi connectivity index (χ0n) is 20.2. The number of anilines is 2. The van der Waals surface area contributed by atoms with Gasteiger partial charge in [0.2, 0.25) is 6.79 Å². The van der Waals surface area contributed by atoms with Crippen molar-refractivity contribution in [2.45, 2.75) is 39.7 Å². The molecule has 0 saturated carbocycles. The minimum atomic E-state index is -0.808. The zero-order chi connectivity index (χ0) is 24.9. The quantitative estimate of drug-likeness (QED) is 0.520. The van der Waals surface area contributed by atoms with Gasteiger partial charge in [-0.1, -0.05) is 19.1 Å². The summed E-state index contributed by atoms with van der Waals surface area (Å²) in [4.78, 5) is 41.8. The number of imide groups is 2. The number of fused-ring (bicyclic) bond motifs is 2. The molecule has 2 aromatic carbocycles. The standard InChI is InChI=1S/C27H27N3O5/c1-5-10-29-21-8-6-17(11-19(21)16(2)14-27(29,3)4)12-20-24(31)28-26(33)30(25(20)32)18-7-9-22-23(13-18)35-15-34-22/h6-9,11-14H,5,10,15H2,1-4H3,(H,28,31,33)/b20-12-. The van der Waals surface area contributed by atoms with Crippen molar-refractivity contribution >= 4 is 40.9 Å². The third-order valence-electron chi connectivity index (χ3n) is 6.48. The number of nitrogens with zero attached hydrogens (tertiary/aromatic N) is 2. The lowest BCUT2D eigenvalue weighted by molar-refractivity contribution is -0.122. The number of nitrogens with one attached hydrogen (secondary N) is 1. The average Bonchev–Trinajstić information content (AvgIpc) is 3.27. The minimum absolute atomic E-state index is 0.0711. The first-order chi connectivity index (χ1) is 16.7. The van der Waals surface area contributed by atoms with Gasteiger partial charge in [0.15, 0.2) is 11.5 Å². The second kappa shape index (κ2) is 8.30. The molecule has 0 aromatic heterocycles. The van der Waals surface area contributed by atoms with E-state index in [-0.39, 0.29) is 23.6 Å². The molecule has 0 atom stereocenters. The van der Waals surface area contributed by atoms with E-state index < -0.39 is 17.8 Å². The first kappa shape index (κ1) is 22.7. The molecule has 0 aliphatic carbocycles. The summed E-state index contributed by atoms with van der Waals surface area (Å²) in [5, 5.41) is 2.27. The molecule has 1 N–H and O–H groups in total. The van der Waals surface area contributed by atoms with E-state index in [0.29, 0.717) is 17.1 Å². The number of rotatable bonds is 4. The molecular formula is C27H27N3O5. The largest absolute Gasteiger partial charge is 0.454 e. The van der Waals surface area contributed by atoms with Gasteiger partial charge in [0, 0.05) is 23.9 Å². The Labute approximate surface area is 203 Å². The lowest BCUT2D eigenvalue weighted by Gasteiger charge is -2.43. The van der Waals surface area contributed by atoms with Crippen LogP contribution in [0, 0.1) is 0 Å². The molecule has 8 nitrogen and oxygen atoms in total. The first-order valence-electron chi connectivity index (χ1n) is 11.6. The maximum atomic E-state index is 13.3. The predicted octanol–water partition coefficient (Wildman–Crippen LogP) is 4.49. The predicted molar refractivity (Wildman–Crippen MR) is 133 cm³/mol. The average molecular weight is 474 g/mol. The monoisotopic (exact) mass is 473 g/mol. The van der Waals surface area contributed by atoms with Crippen molar-refractivity contribution in [3.05, 3.63) is 59.2 Å². The number of hydrogen-bond acceptors (Lipinski definition) is 6. The first-order valence-corrected chi connectivity index (χ1v) is 11.6. The molecule has 1 saturated heterocycles. The molecule has 2 aromatic rings. The van der Waals surface area contributed by atoms with Crippen LogP contribution in [0.15, 0.2) is 48.0 Å². The topological polar surface area (TPSA) is 88.2 Å². The van der Waals surface area contributed by atoms with E-state index in [1.54, 1.807) is 18.2 Å². The summed E-state index contributed by atoms with van der Waals surface area (Å²) in [6.07, 6.45) is 4.78. The Morgan fingerprint density at radius 2 is 1.83 bits per heavy atom. The van der Waals surface area contributed by atoms with Crippen LogP contribution in [0.4, 0.5) is 16.2 Å². The molecule has 0 radical (unpaired) electrons. The third-order valence-corrected chi connectivity index (χ3v) is 6.48. The van der Waals surface area contributed by atoms with E-state index >= 15 is 0 Å². The van der Waals surface area contributed by atoms with Crippen LogP contribution in [-0.2, 0) is 9.59 Å². The van der Waals surface area contributed by atoms with Gasteiger partial charge in [-0.15, -0.1) is 0 Å². The molecule has 5 rings (SSSR count). The Morgan fingerprint density at radius 3 is 2.60 bits per heavy atom. The van der Waals surface area contributed by atoms with Gasteiger partial charge in [-0.25, -0.2) is 9.69 Å². The fourth-order valence-corrected chi connectivity index (χ4v) is 4.91. The SMILES string of the molecule is CCCN1c2ccc(/C=C3/C(=O)NC(=O)N(c4ccc5c(c4)OCO5)C3=O)cc2C(C)=CC1(C)C. The van der Waals surface area contributed by atoms with Crippen LogP contribution < -0.4 is 24.6 Å². The summed E-state index contributed by atoms with van der Waals surface area (Å²) >= 11 is 0. The van der Waals surface area contributed by atoms with Crippen LogP contribution >= 0.6 is 0 Å². The smallest absolute Gasteiger partial charge is 0.335 e. The van der Waals surface area contributed by atoms with Gasteiger partial charge in [0.05, 0.1) is 11.2 Å². The van der Waals surface area contributed by atoms with Gasteiger partial charge in [-0.3, -0.25) is 14.9 Å². The van der Waals surface area contributed by atoms with Gasteiger partial charge in [-0.2, -0.15) is 0 Å². The van der Waals surface area contributed by atoms with Crippen LogP contribution in [-0.4, -0.2) is 36.7 Å². The Kier molecular flexibility index (Phi) is 5.39. The Balaban J connectivity index is 1.51. The van der Waals surface area contributed by atoms with Crippen molar-refractivity contribution < 1.29 is 23.9 Å². The molecule has 3 aliphatic rings. The van der Waals surface area contributed by atoms with Gasteiger partial charge in [0.25, 0.3) is 11.8 Å². The fraction of sp³-hybridized carbons (Fsp3) is 0.296. The van der Waals surface area contributed by atoms with Crippen LogP contribution in [0.1, 0.15) is 45.2 Å². The second-order valence-electron chi connectivity index (χ2n) is 9.40. The highest BCUT2D eigenvalue weighted by Crippen LogP contribution is 2.40. The zero-order valence-corrected chi connectivity index (χ0v) is 20.2. The van der Waals surface area contributed by atoms with Crippen LogP contribution in [0.5, 0.6) is 11.5 Å². The molecule has 0 spiro atoms. The second-order valence-corrected chi connectivity index (χ2v) is 9.40. The summed E-state index contributed by atoms with van der Waals surface area (Å²) in [5.74, 6) is -0.461. The maximum absolute atomic E-state index is 13.3.